The molecule has 3 atom stereocenters. The number of carboxylic acid groups (broad SMARTS) is 1. The molecule has 20 heavy (non-hydrogen) atoms. The summed E-state index contributed by atoms with van der Waals surface area (Å²) in [6.07, 6.45) is 3.14. The SMILES string of the molecule is CCC(NC(=O)N1CCC(C)C1C(=O)O)c1nccs1. The molecule has 1 fully saturated rings. The summed E-state index contributed by atoms with van der Waals surface area (Å²) in [5.74, 6) is -0.953. The molecule has 0 spiro atoms. The van der Waals surface area contributed by atoms with Crippen LogP contribution in [0.25, 0.3) is 0 Å². The van der Waals surface area contributed by atoms with E-state index in [2.05, 4.69) is 10.3 Å². The van der Waals surface area contributed by atoms with Gasteiger partial charge in [-0.1, -0.05) is 13.8 Å². The zero-order valence-electron chi connectivity index (χ0n) is 11.6. The Morgan fingerprint density at radius 3 is 2.95 bits per heavy atom. The van der Waals surface area contributed by atoms with E-state index in [9.17, 15) is 14.7 Å². The predicted octanol–water partition coefficient (Wildman–Crippen LogP) is 2.10. The molecule has 0 aliphatic carbocycles. The van der Waals surface area contributed by atoms with Crippen LogP contribution in [0.2, 0.25) is 0 Å². The first-order valence-electron chi connectivity index (χ1n) is 6.74. The number of carbonyl (C=O) groups is 2. The number of hydrogen-bond acceptors (Lipinski definition) is 4. The topological polar surface area (TPSA) is 82.5 Å². The number of aliphatic carboxylic acids is 1. The van der Waals surface area contributed by atoms with Crippen LogP contribution in [0, 0.1) is 5.92 Å². The number of aromatic nitrogens is 1. The zero-order valence-corrected chi connectivity index (χ0v) is 12.4. The van der Waals surface area contributed by atoms with Gasteiger partial charge in [-0.2, -0.15) is 0 Å². The lowest BCUT2D eigenvalue weighted by Gasteiger charge is -2.26. The van der Waals surface area contributed by atoms with Gasteiger partial charge in [-0.05, 0) is 18.8 Å². The number of likely N-dealkylation sites (tertiary alicyclic amines) is 1. The predicted molar refractivity (Wildman–Crippen MR) is 75.6 cm³/mol. The lowest BCUT2D eigenvalue weighted by molar-refractivity contribution is -0.142. The fourth-order valence-electron chi connectivity index (χ4n) is 2.53. The number of hydrogen-bond donors (Lipinski definition) is 2. The molecule has 0 bridgehead atoms. The molecule has 1 aliphatic heterocycles. The van der Waals surface area contributed by atoms with Crippen LogP contribution in [0.4, 0.5) is 4.79 Å². The van der Waals surface area contributed by atoms with Gasteiger partial charge in [-0.25, -0.2) is 14.6 Å². The van der Waals surface area contributed by atoms with E-state index in [4.69, 9.17) is 0 Å². The fourth-order valence-corrected chi connectivity index (χ4v) is 3.30. The number of thiazole rings is 1. The third-order valence-corrected chi connectivity index (χ3v) is 4.56. The van der Waals surface area contributed by atoms with Gasteiger partial charge >= 0.3 is 12.0 Å². The second-order valence-electron chi connectivity index (χ2n) is 5.02. The van der Waals surface area contributed by atoms with E-state index in [0.29, 0.717) is 6.54 Å². The van der Waals surface area contributed by atoms with Gasteiger partial charge in [0, 0.05) is 18.1 Å². The van der Waals surface area contributed by atoms with Crippen molar-refractivity contribution in [2.75, 3.05) is 6.54 Å². The van der Waals surface area contributed by atoms with Crippen molar-refractivity contribution in [2.24, 2.45) is 5.92 Å². The number of rotatable bonds is 4. The minimum absolute atomic E-state index is 0.0156. The first kappa shape index (κ1) is 14.8. The molecule has 1 aromatic rings. The minimum Gasteiger partial charge on any atom is -0.480 e. The van der Waals surface area contributed by atoms with Crippen LogP contribution in [0.3, 0.4) is 0 Å². The second kappa shape index (κ2) is 6.21. The molecule has 110 valence electrons. The van der Waals surface area contributed by atoms with Gasteiger partial charge in [-0.3, -0.25) is 0 Å². The van der Waals surface area contributed by atoms with Gasteiger partial charge in [0.05, 0.1) is 6.04 Å². The Labute approximate surface area is 121 Å². The number of carbonyl (C=O) groups excluding carboxylic acids is 1. The molecule has 1 saturated heterocycles. The van der Waals surface area contributed by atoms with Crippen molar-refractivity contribution in [3.05, 3.63) is 16.6 Å². The second-order valence-corrected chi connectivity index (χ2v) is 5.95. The van der Waals surface area contributed by atoms with E-state index in [-0.39, 0.29) is 18.0 Å². The molecule has 2 N–H and O–H groups in total. The lowest BCUT2D eigenvalue weighted by Crippen LogP contribution is -2.48. The van der Waals surface area contributed by atoms with E-state index in [1.807, 2.05) is 19.2 Å². The Bertz CT molecular complexity index is 477. The van der Waals surface area contributed by atoms with Crippen LogP contribution >= 0.6 is 11.3 Å². The zero-order chi connectivity index (χ0) is 14.7. The molecule has 0 radical (unpaired) electrons. The molecule has 1 aliphatic rings. The van der Waals surface area contributed by atoms with Gasteiger partial charge < -0.3 is 15.3 Å². The fraction of sp³-hybridized carbons (Fsp3) is 0.615. The van der Waals surface area contributed by atoms with E-state index >= 15 is 0 Å². The van der Waals surface area contributed by atoms with Gasteiger partial charge in [0.2, 0.25) is 0 Å². The molecule has 3 unspecified atom stereocenters. The summed E-state index contributed by atoms with van der Waals surface area (Å²) in [5.41, 5.74) is 0. The Balaban J connectivity index is 2.06. The molecule has 2 amide bonds. The molecular weight excluding hydrogens is 278 g/mol. The summed E-state index contributed by atoms with van der Waals surface area (Å²) >= 11 is 1.49. The standard InChI is InChI=1S/C13H19N3O3S/c1-3-9(11-14-5-7-20-11)15-13(19)16-6-4-8(2)10(16)12(17)18/h5,7-10H,3-4,6H2,1-2H3,(H,15,19)(H,17,18). The average molecular weight is 297 g/mol. The number of nitrogens with one attached hydrogen (secondary N) is 1. The van der Waals surface area contributed by atoms with Crippen LogP contribution < -0.4 is 5.32 Å². The molecule has 0 saturated carbocycles. The third-order valence-electron chi connectivity index (χ3n) is 3.67. The van der Waals surface area contributed by atoms with Crippen molar-refractivity contribution < 1.29 is 14.7 Å². The number of amides is 2. The quantitative estimate of drug-likeness (QED) is 0.891. The van der Waals surface area contributed by atoms with Gasteiger partial charge in [0.25, 0.3) is 0 Å². The first-order chi connectivity index (χ1) is 9.54. The molecule has 6 nitrogen and oxygen atoms in total. The molecule has 2 rings (SSSR count). The highest BCUT2D eigenvalue weighted by atomic mass is 32.1. The van der Waals surface area contributed by atoms with Crippen molar-refractivity contribution >= 4 is 23.3 Å². The van der Waals surface area contributed by atoms with E-state index < -0.39 is 12.0 Å². The summed E-state index contributed by atoms with van der Waals surface area (Å²) in [6.45, 7) is 4.32. The van der Waals surface area contributed by atoms with Crippen molar-refractivity contribution in [1.29, 1.82) is 0 Å². The van der Waals surface area contributed by atoms with E-state index in [1.54, 1.807) is 6.20 Å². The number of carboxylic acids is 1. The Morgan fingerprint density at radius 2 is 2.40 bits per heavy atom. The van der Waals surface area contributed by atoms with Gasteiger partial charge in [-0.15, -0.1) is 11.3 Å². The summed E-state index contributed by atoms with van der Waals surface area (Å²) in [7, 11) is 0. The highest BCUT2D eigenvalue weighted by Gasteiger charge is 2.40. The van der Waals surface area contributed by atoms with Crippen molar-refractivity contribution in [1.82, 2.24) is 15.2 Å². The molecule has 2 heterocycles. The van der Waals surface area contributed by atoms with Gasteiger partial charge in [0.1, 0.15) is 11.0 Å². The maximum absolute atomic E-state index is 12.3. The monoisotopic (exact) mass is 297 g/mol. The van der Waals surface area contributed by atoms with Crippen LogP contribution in [-0.2, 0) is 4.79 Å². The Kier molecular flexibility index (Phi) is 4.59. The van der Waals surface area contributed by atoms with Crippen LogP contribution in [-0.4, -0.2) is 39.6 Å². The Hall–Kier alpha value is -1.63. The molecule has 7 heteroatoms. The number of nitrogens with zero attached hydrogens (tertiary/aromatic N) is 2. The van der Waals surface area contributed by atoms with Crippen molar-refractivity contribution in [3.8, 4) is 0 Å². The first-order valence-corrected chi connectivity index (χ1v) is 7.61. The summed E-state index contributed by atoms with van der Waals surface area (Å²) < 4.78 is 0. The summed E-state index contributed by atoms with van der Waals surface area (Å²) in [4.78, 5) is 29.2. The minimum atomic E-state index is -0.938. The average Bonchev–Trinajstić information content (AvgIpc) is 3.04. The van der Waals surface area contributed by atoms with Gasteiger partial charge in [0.15, 0.2) is 0 Å². The molecular formula is C13H19N3O3S. The van der Waals surface area contributed by atoms with Crippen molar-refractivity contribution in [3.63, 3.8) is 0 Å². The van der Waals surface area contributed by atoms with Crippen molar-refractivity contribution in [2.45, 2.75) is 38.8 Å². The maximum atomic E-state index is 12.3. The largest absolute Gasteiger partial charge is 0.480 e. The third kappa shape index (κ3) is 2.92. The highest BCUT2D eigenvalue weighted by molar-refractivity contribution is 7.09. The lowest BCUT2D eigenvalue weighted by atomic mass is 10.0. The van der Waals surface area contributed by atoms with E-state index in [1.165, 1.54) is 16.2 Å². The summed E-state index contributed by atoms with van der Waals surface area (Å²) in [5, 5.41) is 14.8. The Morgan fingerprint density at radius 1 is 1.65 bits per heavy atom. The summed E-state index contributed by atoms with van der Waals surface area (Å²) in [6, 6.07) is -1.21. The van der Waals surface area contributed by atoms with E-state index in [0.717, 1.165) is 17.8 Å². The maximum Gasteiger partial charge on any atom is 0.326 e. The normalized spacial score (nSPS) is 23.6. The molecule has 1 aromatic heterocycles. The number of urea groups is 1. The highest BCUT2D eigenvalue weighted by Crippen LogP contribution is 2.25. The smallest absolute Gasteiger partial charge is 0.326 e. The van der Waals surface area contributed by atoms with Crippen LogP contribution in [0.1, 0.15) is 37.7 Å². The van der Waals surface area contributed by atoms with Crippen LogP contribution in [0.15, 0.2) is 11.6 Å². The van der Waals surface area contributed by atoms with Crippen LogP contribution in [0.5, 0.6) is 0 Å². The molecule has 0 aromatic carbocycles.